The Bertz CT molecular complexity index is 827. The molecule has 1 amide bonds. The van der Waals surface area contributed by atoms with Gasteiger partial charge in [-0.2, -0.15) is 5.26 Å². The summed E-state index contributed by atoms with van der Waals surface area (Å²) in [6.45, 7) is 2.93. The summed E-state index contributed by atoms with van der Waals surface area (Å²) in [6.07, 6.45) is -0.698. The molecule has 1 aliphatic heterocycles. The zero-order valence-corrected chi connectivity index (χ0v) is 14.8. The summed E-state index contributed by atoms with van der Waals surface area (Å²) < 4.78 is 16.6. The third-order valence-corrected chi connectivity index (χ3v) is 4.23. The van der Waals surface area contributed by atoms with E-state index in [9.17, 15) is 4.79 Å². The van der Waals surface area contributed by atoms with E-state index in [4.69, 9.17) is 19.5 Å². The number of hydrogen-bond donors (Lipinski definition) is 0. The van der Waals surface area contributed by atoms with Crippen molar-refractivity contribution in [3.63, 3.8) is 0 Å². The van der Waals surface area contributed by atoms with Crippen LogP contribution in [0.25, 0.3) is 0 Å². The van der Waals surface area contributed by atoms with Gasteiger partial charge in [0.05, 0.1) is 31.9 Å². The fourth-order valence-electron chi connectivity index (χ4n) is 2.96. The van der Waals surface area contributed by atoms with Gasteiger partial charge in [0.25, 0.3) is 0 Å². The molecule has 6 nitrogen and oxygen atoms in total. The van der Waals surface area contributed by atoms with Crippen LogP contribution in [-0.2, 0) is 11.3 Å². The summed E-state index contributed by atoms with van der Waals surface area (Å²) in [6, 6.07) is 14.8. The number of fused-ring (bicyclic) bond motifs is 1. The van der Waals surface area contributed by atoms with Gasteiger partial charge in [0.15, 0.2) is 0 Å². The van der Waals surface area contributed by atoms with Crippen molar-refractivity contribution in [3.8, 4) is 17.6 Å². The highest BCUT2D eigenvalue weighted by atomic mass is 16.6. The van der Waals surface area contributed by atoms with E-state index in [1.54, 1.807) is 43.2 Å². The molecule has 1 unspecified atom stereocenters. The van der Waals surface area contributed by atoms with Crippen molar-refractivity contribution in [3.05, 3.63) is 59.2 Å². The number of nitriles is 1. The molecule has 0 spiro atoms. The first-order valence-electron chi connectivity index (χ1n) is 8.40. The number of amides is 1. The normalized spacial score (nSPS) is 15.6. The van der Waals surface area contributed by atoms with Crippen LogP contribution in [0.1, 0.15) is 29.7 Å². The molecular formula is C20H20N2O4. The maximum Gasteiger partial charge on any atom is 0.410 e. The Labute approximate surface area is 152 Å². The average molecular weight is 352 g/mol. The van der Waals surface area contributed by atoms with Crippen molar-refractivity contribution >= 4 is 6.09 Å². The van der Waals surface area contributed by atoms with Gasteiger partial charge in [-0.3, -0.25) is 4.90 Å². The van der Waals surface area contributed by atoms with Gasteiger partial charge < -0.3 is 14.2 Å². The van der Waals surface area contributed by atoms with Crippen LogP contribution < -0.4 is 9.47 Å². The Kier molecular flexibility index (Phi) is 5.28. The fourth-order valence-corrected chi connectivity index (χ4v) is 2.96. The average Bonchev–Trinajstić information content (AvgIpc) is 2.68. The summed E-state index contributed by atoms with van der Waals surface area (Å²) in [5, 5.41) is 8.92. The Balaban J connectivity index is 1.89. The predicted molar refractivity (Wildman–Crippen MR) is 95.0 cm³/mol. The van der Waals surface area contributed by atoms with Crippen molar-refractivity contribution in [1.82, 2.24) is 4.90 Å². The fraction of sp³-hybridized carbons (Fsp3) is 0.300. The largest absolute Gasteiger partial charge is 0.497 e. The second-order valence-corrected chi connectivity index (χ2v) is 5.89. The molecule has 134 valence electrons. The third kappa shape index (κ3) is 3.72. The molecule has 2 aromatic carbocycles. The van der Waals surface area contributed by atoms with E-state index < -0.39 is 0 Å². The van der Waals surface area contributed by atoms with Crippen LogP contribution in [0.4, 0.5) is 4.79 Å². The molecule has 0 N–H and O–H groups in total. The Hall–Kier alpha value is -3.20. The van der Waals surface area contributed by atoms with Crippen molar-refractivity contribution in [1.29, 1.82) is 5.26 Å². The predicted octanol–water partition coefficient (Wildman–Crippen LogP) is 3.66. The molecule has 1 aliphatic rings. The van der Waals surface area contributed by atoms with Crippen LogP contribution in [0.15, 0.2) is 42.5 Å². The molecule has 2 aromatic rings. The second-order valence-electron chi connectivity index (χ2n) is 5.89. The molecule has 0 bridgehead atoms. The summed E-state index contributed by atoms with van der Waals surface area (Å²) in [5.41, 5.74) is 2.54. The lowest BCUT2D eigenvalue weighted by atomic mass is 9.97. The minimum absolute atomic E-state index is 0.321. The number of carbonyl (C=O) groups is 1. The number of methoxy groups -OCH3 is 1. The first-order chi connectivity index (χ1) is 12.6. The van der Waals surface area contributed by atoms with E-state index in [0.717, 1.165) is 16.9 Å². The van der Waals surface area contributed by atoms with E-state index in [1.807, 2.05) is 18.2 Å². The quantitative estimate of drug-likeness (QED) is 0.840. The molecule has 0 radical (unpaired) electrons. The highest BCUT2D eigenvalue weighted by Crippen LogP contribution is 2.33. The van der Waals surface area contributed by atoms with Gasteiger partial charge in [0, 0.05) is 6.54 Å². The molecule has 0 saturated heterocycles. The number of rotatable bonds is 4. The van der Waals surface area contributed by atoms with Crippen LogP contribution in [-0.4, -0.2) is 31.3 Å². The maximum atomic E-state index is 12.2. The van der Waals surface area contributed by atoms with Crippen molar-refractivity contribution < 1.29 is 19.0 Å². The van der Waals surface area contributed by atoms with Gasteiger partial charge in [0.2, 0.25) is 0 Å². The summed E-state index contributed by atoms with van der Waals surface area (Å²) in [5.74, 6) is 1.37. The Morgan fingerprint density at radius 3 is 2.62 bits per heavy atom. The minimum Gasteiger partial charge on any atom is -0.497 e. The van der Waals surface area contributed by atoms with Crippen LogP contribution in [0.5, 0.6) is 11.5 Å². The molecule has 0 saturated carbocycles. The van der Waals surface area contributed by atoms with Crippen LogP contribution in [0.3, 0.4) is 0 Å². The molecule has 1 heterocycles. The topological polar surface area (TPSA) is 71.8 Å². The molecule has 1 atom stereocenters. The SMILES string of the molecule is CCOC(=O)N1Cc2cc(OC)ccc2C(Oc2ccc(C#N)cc2)C1. The third-order valence-electron chi connectivity index (χ3n) is 4.23. The monoisotopic (exact) mass is 352 g/mol. The molecule has 0 fully saturated rings. The van der Waals surface area contributed by atoms with Crippen molar-refractivity contribution in [2.24, 2.45) is 0 Å². The highest BCUT2D eigenvalue weighted by Gasteiger charge is 2.30. The van der Waals surface area contributed by atoms with E-state index in [-0.39, 0.29) is 12.2 Å². The summed E-state index contributed by atoms with van der Waals surface area (Å²) in [7, 11) is 1.61. The first kappa shape index (κ1) is 17.6. The van der Waals surface area contributed by atoms with Gasteiger partial charge in [-0.1, -0.05) is 6.07 Å². The number of carbonyl (C=O) groups excluding carboxylic acids is 1. The standard InChI is InChI=1S/C20H20N2O4/c1-3-25-20(23)22-12-15-10-17(24-2)8-9-18(15)19(13-22)26-16-6-4-14(11-21)5-7-16/h4-10,19H,3,12-13H2,1-2H3. The summed E-state index contributed by atoms with van der Waals surface area (Å²) >= 11 is 0. The second kappa shape index (κ2) is 7.79. The van der Waals surface area contributed by atoms with Gasteiger partial charge in [-0.25, -0.2) is 4.79 Å². The molecule has 0 aliphatic carbocycles. The molecule has 26 heavy (non-hydrogen) atoms. The van der Waals surface area contributed by atoms with E-state index >= 15 is 0 Å². The molecule has 0 aromatic heterocycles. The number of hydrogen-bond acceptors (Lipinski definition) is 5. The Morgan fingerprint density at radius 2 is 1.96 bits per heavy atom. The number of nitrogens with zero attached hydrogens (tertiary/aromatic N) is 2. The van der Waals surface area contributed by atoms with Crippen LogP contribution >= 0.6 is 0 Å². The molecule has 6 heteroatoms. The van der Waals surface area contributed by atoms with Gasteiger partial charge in [0.1, 0.15) is 17.6 Å². The van der Waals surface area contributed by atoms with Gasteiger partial charge in [-0.05, 0) is 54.4 Å². The minimum atomic E-state index is -0.366. The lowest BCUT2D eigenvalue weighted by Crippen LogP contribution is -2.40. The zero-order chi connectivity index (χ0) is 18.5. The zero-order valence-electron chi connectivity index (χ0n) is 14.8. The Morgan fingerprint density at radius 1 is 1.23 bits per heavy atom. The van der Waals surface area contributed by atoms with Crippen LogP contribution in [0.2, 0.25) is 0 Å². The van der Waals surface area contributed by atoms with E-state index in [2.05, 4.69) is 6.07 Å². The lowest BCUT2D eigenvalue weighted by molar-refractivity contribution is 0.0717. The molecular weight excluding hydrogens is 332 g/mol. The first-order valence-corrected chi connectivity index (χ1v) is 8.40. The van der Waals surface area contributed by atoms with Crippen LogP contribution in [0, 0.1) is 11.3 Å². The van der Waals surface area contributed by atoms with E-state index in [0.29, 0.717) is 31.0 Å². The van der Waals surface area contributed by atoms with Gasteiger partial charge in [-0.15, -0.1) is 0 Å². The lowest BCUT2D eigenvalue weighted by Gasteiger charge is -2.34. The van der Waals surface area contributed by atoms with Crippen molar-refractivity contribution in [2.45, 2.75) is 19.6 Å². The molecule has 3 rings (SSSR count). The maximum absolute atomic E-state index is 12.2. The van der Waals surface area contributed by atoms with Crippen molar-refractivity contribution in [2.75, 3.05) is 20.3 Å². The highest BCUT2D eigenvalue weighted by molar-refractivity contribution is 5.68. The number of benzene rings is 2. The van der Waals surface area contributed by atoms with Gasteiger partial charge >= 0.3 is 6.09 Å². The summed E-state index contributed by atoms with van der Waals surface area (Å²) in [4.78, 5) is 13.8. The smallest absolute Gasteiger partial charge is 0.410 e. The van der Waals surface area contributed by atoms with E-state index in [1.165, 1.54) is 0 Å². The number of ether oxygens (including phenoxy) is 3.